The molecule has 0 radical (unpaired) electrons. The number of aromatic nitrogens is 4. The number of carbonyl (C=O) groups excluding carboxylic acids is 1. The maximum absolute atomic E-state index is 12.3. The van der Waals surface area contributed by atoms with E-state index in [0.29, 0.717) is 35.4 Å². The van der Waals surface area contributed by atoms with E-state index in [0.717, 1.165) is 42.5 Å². The average molecular weight is 444 g/mol. The quantitative estimate of drug-likeness (QED) is 0.511. The number of nitrogens with one attached hydrogen (secondary N) is 2. The highest BCUT2D eigenvalue weighted by Crippen LogP contribution is 2.27. The van der Waals surface area contributed by atoms with Gasteiger partial charge in [-0.1, -0.05) is 17.8 Å². The summed E-state index contributed by atoms with van der Waals surface area (Å²) in [6.07, 6.45) is 4.30. The Hall–Kier alpha value is -3.01. The fourth-order valence-electron chi connectivity index (χ4n) is 3.81. The van der Waals surface area contributed by atoms with E-state index < -0.39 is 0 Å². The molecule has 0 bridgehead atoms. The number of ether oxygens (including phenoxy) is 2. The molecule has 0 saturated heterocycles. The summed E-state index contributed by atoms with van der Waals surface area (Å²) in [4.78, 5) is 27.4. The molecule has 0 saturated carbocycles. The van der Waals surface area contributed by atoms with Gasteiger partial charge in [0.15, 0.2) is 16.7 Å². The highest BCUT2D eigenvalue weighted by Gasteiger charge is 2.20. The van der Waals surface area contributed by atoms with E-state index in [4.69, 9.17) is 9.47 Å². The molecule has 1 aromatic carbocycles. The lowest BCUT2D eigenvalue weighted by Crippen LogP contribution is -2.27. The Morgan fingerprint density at radius 3 is 2.81 bits per heavy atom. The summed E-state index contributed by atoms with van der Waals surface area (Å²) in [5.74, 6) is 1.92. The first-order valence-corrected chi connectivity index (χ1v) is 11.2. The number of benzene rings is 1. The molecule has 9 nitrogen and oxygen atoms in total. The zero-order valence-corrected chi connectivity index (χ0v) is 18.4. The first kappa shape index (κ1) is 21.2. The Bertz CT molecular complexity index is 1160. The molecule has 0 spiro atoms. The third-order valence-corrected chi connectivity index (χ3v) is 6.29. The van der Waals surface area contributed by atoms with E-state index in [1.54, 1.807) is 14.2 Å². The third-order valence-electron chi connectivity index (χ3n) is 5.36. The lowest BCUT2D eigenvalue weighted by molar-refractivity contribution is -0.118. The van der Waals surface area contributed by atoms with Gasteiger partial charge < -0.3 is 14.8 Å². The maximum Gasteiger partial charge on any atom is 0.255 e. The molecule has 10 heteroatoms. The van der Waals surface area contributed by atoms with Crippen LogP contribution < -0.4 is 20.3 Å². The fourth-order valence-corrected chi connectivity index (χ4v) is 4.60. The van der Waals surface area contributed by atoms with Gasteiger partial charge in [0.25, 0.3) is 5.56 Å². The van der Waals surface area contributed by atoms with E-state index in [2.05, 4.69) is 20.5 Å². The lowest BCUT2D eigenvalue weighted by atomic mass is 9.97. The molecule has 31 heavy (non-hydrogen) atoms. The number of hydrogen-bond donors (Lipinski definition) is 2. The van der Waals surface area contributed by atoms with Gasteiger partial charge in [0.05, 0.1) is 20.0 Å². The van der Waals surface area contributed by atoms with Crippen LogP contribution in [0.5, 0.6) is 11.5 Å². The van der Waals surface area contributed by atoms with E-state index in [1.165, 1.54) is 11.8 Å². The Balaban J connectivity index is 1.35. The molecule has 0 aliphatic heterocycles. The van der Waals surface area contributed by atoms with Crippen molar-refractivity contribution in [2.24, 2.45) is 0 Å². The van der Waals surface area contributed by atoms with E-state index >= 15 is 0 Å². The van der Waals surface area contributed by atoms with Gasteiger partial charge >= 0.3 is 0 Å². The zero-order valence-electron chi connectivity index (χ0n) is 17.6. The van der Waals surface area contributed by atoms with Gasteiger partial charge in [0, 0.05) is 17.8 Å². The monoisotopic (exact) mass is 443 g/mol. The van der Waals surface area contributed by atoms with Gasteiger partial charge in [-0.15, -0.1) is 10.2 Å². The SMILES string of the molecule is COc1ccc(CCNC(=O)CSc2nnc3[nH]c(=O)c4c(n23)CCCC4)cc1OC. The molecule has 0 unspecified atom stereocenters. The Labute approximate surface area is 183 Å². The normalized spacial score (nSPS) is 13.1. The van der Waals surface area contributed by atoms with Gasteiger partial charge in [0.1, 0.15) is 0 Å². The van der Waals surface area contributed by atoms with Crippen molar-refractivity contribution in [3.05, 3.63) is 45.4 Å². The molecule has 3 aromatic rings. The van der Waals surface area contributed by atoms with Crippen LogP contribution in [0.1, 0.15) is 29.7 Å². The van der Waals surface area contributed by atoms with Crippen molar-refractivity contribution < 1.29 is 14.3 Å². The minimum Gasteiger partial charge on any atom is -0.493 e. The molecule has 1 amide bonds. The van der Waals surface area contributed by atoms with Gasteiger partial charge in [-0.2, -0.15) is 0 Å². The number of carbonyl (C=O) groups is 1. The maximum atomic E-state index is 12.3. The number of thioether (sulfide) groups is 1. The minimum atomic E-state index is -0.0842. The van der Waals surface area contributed by atoms with Crippen LogP contribution in [0.15, 0.2) is 28.2 Å². The number of hydrogen-bond acceptors (Lipinski definition) is 7. The van der Waals surface area contributed by atoms with Crippen LogP contribution in [-0.4, -0.2) is 52.0 Å². The number of fused-ring (bicyclic) bond motifs is 3. The third kappa shape index (κ3) is 4.53. The molecule has 2 heterocycles. The largest absolute Gasteiger partial charge is 0.493 e. The predicted octanol–water partition coefficient (Wildman–Crippen LogP) is 1.76. The van der Waals surface area contributed by atoms with Crippen LogP contribution in [0.3, 0.4) is 0 Å². The number of H-pyrrole nitrogens is 1. The Kier molecular flexibility index (Phi) is 6.45. The summed E-state index contributed by atoms with van der Waals surface area (Å²) in [6.45, 7) is 0.512. The van der Waals surface area contributed by atoms with Crippen molar-refractivity contribution in [1.29, 1.82) is 0 Å². The van der Waals surface area contributed by atoms with Crippen molar-refractivity contribution in [1.82, 2.24) is 24.9 Å². The van der Waals surface area contributed by atoms with Crippen LogP contribution in [0.4, 0.5) is 0 Å². The van der Waals surface area contributed by atoms with Crippen LogP contribution in [0.25, 0.3) is 5.78 Å². The standard InChI is InChI=1S/C21H25N5O4S/c1-29-16-8-7-13(11-17(16)30-2)9-10-22-18(27)12-31-21-25-24-20-23-19(28)14-5-3-4-6-15(14)26(20)21/h7-8,11H,3-6,9-10,12H2,1-2H3,(H,22,27)(H,23,24,28). The second-order valence-electron chi connectivity index (χ2n) is 7.31. The summed E-state index contributed by atoms with van der Waals surface area (Å²) in [5.41, 5.74) is 2.73. The Morgan fingerprint density at radius 1 is 1.19 bits per heavy atom. The first-order valence-electron chi connectivity index (χ1n) is 10.2. The molecule has 0 atom stereocenters. The molecular weight excluding hydrogens is 418 g/mol. The van der Waals surface area contributed by atoms with E-state index in [1.807, 2.05) is 22.6 Å². The van der Waals surface area contributed by atoms with Crippen LogP contribution in [-0.2, 0) is 24.1 Å². The number of methoxy groups -OCH3 is 2. The smallest absolute Gasteiger partial charge is 0.255 e. The van der Waals surface area contributed by atoms with E-state index in [-0.39, 0.29) is 17.2 Å². The first-order chi connectivity index (χ1) is 15.1. The van der Waals surface area contributed by atoms with Crippen molar-refractivity contribution >= 4 is 23.4 Å². The number of amides is 1. The number of nitrogens with zero attached hydrogens (tertiary/aromatic N) is 3. The van der Waals surface area contributed by atoms with Crippen molar-refractivity contribution in [3.8, 4) is 11.5 Å². The summed E-state index contributed by atoms with van der Waals surface area (Å²) in [7, 11) is 3.20. The second kappa shape index (κ2) is 9.42. The zero-order chi connectivity index (χ0) is 21.8. The van der Waals surface area contributed by atoms with Gasteiger partial charge in [-0.25, -0.2) is 0 Å². The molecule has 1 aliphatic carbocycles. The lowest BCUT2D eigenvalue weighted by Gasteiger charge is -2.16. The Morgan fingerprint density at radius 2 is 2.00 bits per heavy atom. The van der Waals surface area contributed by atoms with E-state index in [9.17, 15) is 9.59 Å². The molecule has 2 aromatic heterocycles. The molecule has 1 aliphatic rings. The summed E-state index contributed by atoms with van der Waals surface area (Å²) < 4.78 is 12.4. The van der Waals surface area contributed by atoms with Crippen molar-refractivity contribution in [3.63, 3.8) is 0 Å². The molecular formula is C21H25N5O4S. The highest BCUT2D eigenvalue weighted by atomic mass is 32.2. The minimum absolute atomic E-state index is 0.0829. The van der Waals surface area contributed by atoms with Crippen LogP contribution >= 0.6 is 11.8 Å². The predicted molar refractivity (Wildman–Crippen MR) is 117 cm³/mol. The summed E-state index contributed by atoms with van der Waals surface area (Å²) >= 11 is 1.32. The van der Waals surface area contributed by atoms with Crippen LogP contribution in [0.2, 0.25) is 0 Å². The topological polar surface area (TPSA) is 111 Å². The van der Waals surface area contributed by atoms with Crippen molar-refractivity contribution in [2.75, 3.05) is 26.5 Å². The average Bonchev–Trinajstić information content (AvgIpc) is 3.20. The molecule has 0 fully saturated rings. The fraction of sp³-hybridized carbons (Fsp3) is 0.429. The second-order valence-corrected chi connectivity index (χ2v) is 8.25. The van der Waals surface area contributed by atoms with Gasteiger partial charge in [-0.3, -0.25) is 19.0 Å². The van der Waals surface area contributed by atoms with Gasteiger partial charge in [-0.05, 0) is 49.8 Å². The van der Waals surface area contributed by atoms with Gasteiger partial charge in [0.2, 0.25) is 11.7 Å². The summed E-state index contributed by atoms with van der Waals surface area (Å²) in [5, 5.41) is 11.8. The van der Waals surface area contributed by atoms with Crippen LogP contribution in [0, 0.1) is 0 Å². The molecule has 4 rings (SSSR count). The molecule has 164 valence electrons. The number of aromatic amines is 1. The number of rotatable bonds is 8. The number of aryl methyl sites for hydroxylation is 1. The molecule has 2 N–H and O–H groups in total. The van der Waals surface area contributed by atoms with Crippen molar-refractivity contribution in [2.45, 2.75) is 37.3 Å². The summed E-state index contributed by atoms with van der Waals surface area (Å²) in [6, 6.07) is 5.72. The highest BCUT2D eigenvalue weighted by molar-refractivity contribution is 7.99.